The van der Waals surface area contributed by atoms with Crippen LogP contribution < -0.4 is 10.2 Å². The Balaban J connectivity index is 1.48. The first-order chi connectivity index (χ1) is 12.6. The maximum atomic E-state index is 12.4. The Morgan fingerprint density at radius 1 is 1.19 bits per heavy atom. The van der Waals surface area contributed by atoms with Crippen LogP contribution in [0.5, 0.6) is 0 Å². The van der Waals surface area contributed by atoms with E-state index in [0.717, 1.165) is 30.3 Å². The quantitative estimate of drug-likeness (QED) is 0.838. The van der Waals surface area contributed by atoms with E-state index in [1.807, 2.05) is 31.2 Å². The Hall–Kier alpha value is -2.19. The van der Waals surface area contributed by atoms with Crippen molar-refractivity contribution in [2.45, 2.75) is 13.3 Å². The van der Waals surface area contributed by atoms with E-state index in [1.54, 1.807) is 4.90 Å². The van der Waals surface area contributed by atoms with Crippen LogP contribution in [0.4, 0.5) is 5.69 Å². The van der Waals surface area contributed by atoms with Crippen molar-refractivity contribution in [3.63, 3.8) is 0 Å². The van der Waals surface area contributed by atoms with E-state index < -0.39 is 0 Å². The highest BCUT2D eigenvalue weighted by Crippen LogP contribution is 2.19. The summed E-state index contributed by atoms with van der Waals surface area (Å²) in [7, 11) is 0. The average molecular weight is 394 g/mol. The van der Waals surface area contributed by atoms with Gasteiger partial charge >= 0.3 is 0 Å². The molecule has 1 fully saturated rings. The highest BCUT2D eigenvalue weighted by Gasteiger charge is 2.22. The van der Waals surface area contributed by atoms with Gasteiger partial charge in [-0.1, -0.05) is 23.0 Å². The van der Waals surface area contributed by atoms with Gasteiger partial charge in [-0.3, -0.25) is 9.59 Å². The molecule has 0 aliphatic carbocycles. The van der Waals surface area contributed by atoms with Crippen LogP contribution in [-0.2, 0) is 11.2 Å². The fourth-order valence-corrected chi connectivity index (χ4v) is 3.62. The molecule has 7 nitrogen and oxygen atoms in total. The normalized spacial score (nSPS) is 14.4. The van der Waals surface area contributed by atoms with E-state index in [0.29, 0.717) is 35.1 Å². The van der Waals surface area contributed by atoms with Gasteiger partial charge in [-0.05, 0) is 42.2 Å². The maximum absolute atomic E-state index is 12.4. The number of benzene rings is 1. The van der Waals surface area contributed by atoms with Crippen molar-refractivity contribution in [1.29, 1.82) is 0 Å². The summed E-state index contributed by atoms with van der Waals surface area (Å²) in [6.45, 7) is 4.65. The number of halogens is 1. The number of hydrogen-bond donors (Lipinski definition) is 1. The van der Waals surface area contributed by atoms with Crippen molar-refractivity contribution in [3.8, 4) is 0 Å². The minimum atomic E-state index is -0.287. The third-order valence-electron chi connectivity index (χ3n) is 4.32. The molecule has 1 aliphatic heterocycles. The minimum absolute atomic E-state index is 0.0131. The second kappa shape index (κ2) is 8.46. The molecule has 0 atom stereocenters. The number of carbonyl (C=O) groups is 2. The zero-order valence-electron chi connectivity index (χ0n) is 14.4. The first kappa shape index (κ1) is 18.6. The molecule has 2 aromatic rings. The van der Waals surface area contributed by atoms with Gasteiger partial charge in [-0.25, -0.2) is 0 Å². The fraction of sp³-hybridized carbons (Fsp3) is 0.412. The highest BCUT2D eigenvalue weighted by molar-refractivity contribution is 7.08. The van der Waals surface area contributed by atoms with Crippen molar-refractivity contribution in [2.75, 3.05) is 37.6 Å². The molecule has 1 N–H and O–H groups in total. The fourth-order valence-electron chi connectivity index (χ4n) is 2.83. The topological polar surface area (TPSA) is 78.4 Å². The number of rotatable bonds is 5. The lowest BCUT2D eigenvalue weighted by Crippen LogP contribution is -2.51. The Morgan fingerprint density at radius 2 is 1.88 bits per heavy atom. The van der Waals surface area contributed by atoms with E-state index >= 15 is 0 Å². The highest BCUT2D eigenvalue weighted by atomic mass is 35.5. The predicted octanol–water partition coefficient (Wildman–Crippen LogP) is 1.83. The largest absolute Gasteiger partial charge is 0.368 e. The average Bonchev–Trinajstić information content (AvgIpc) is 3.15. The van der Waals surface area contributed by atoms with E-state index in [9.17, 15) is 9.59 Å². The molecule has 9 heteroatoms. The summed E-state index contributed by atoms with van der Waals surface area (Å²) in [6.07, 6.45) is 0.639. The Labute approximate surface area is 161 Å². The molecule has 0 saturated carbocycles. The summed E-state index contributed by atoms with van der Waals surface area (Å²) in [4.78, 5) is 29.0. The zero-order chi connectivity index (χ0) is 18.5. The van der Waals surface area contributed by atoms with Crippen molar-refractivity contribution in [1.82, 2.24) is 19.8 Å². The van der Waals surface area contributed by atoms with Crippen LogP contribution in [-0.4, -0.2) is 59.0 Å². The first-order valence-corrected chi connectivity index (χ1v) is 9.61. The van der Waals surface area contributed by atoms with Gasteiger partial charge in [-0.2, -0.15) is 0 Å². The number of anilines is 1. The van der Waals surface area contributed by atoms with Gasteiger partial charge in [0.25, 0.3) is 5.91 Å². The van der Waals surface area contributed by atoms with E-state index in [1.165, 1.54) is 0 Å². The number of nitrogens with zero attached hydrogens (tertiary/aromatic N) is 4. The first-order valence-electron chi connectivity index (χ1n) is 8.46. The molecule has 1 aromatic carbocycles. The molecular weight excluding hydrogens is 374 g/mol. The van der Waals surface area contributed by atoms with Gasteiger partial charge in [0.15, 0.2) is 0 Å². The lowest BCUT2D eigenvalue weighted by atomic mass is 10.2. The van der Waals surface area contributed by atoms with Crippen molar-refractivity contribution < 1.29 is 9.59 Å². The SMILES string of the molecule is CCc1nnsc1C(=O)NCC(=O)N1CCN(c2ccc(Cl)cc2)CC1. The number of hydrogen-bond acceptors (Lipinski definition) is 6. The lowest BCUT2D eigenvalue weighted by molar-refractivity contribution is -0.130. The van der Waals surface area contributed by atoms with Crippen LogP contribution >= 0.6 is 23.1 Å². The third kappa shape index (κ3) is 4.31. The van der Waals surface area contributed by atoms with Gasteiger partial charge in [0.05, 0.1) is 12.2 Å². The molecule has 0 radical (unpaired) electrons. The standard InChI is InChI=1S/C17H20ClN5O2S/c1-2-14-16(26-21-20-14)17(25)19-11-15(24)23-9-7-22(8-10-23)13-5-3-12(18)4-6-13/h3-6H,2,7-11H2,1H3,(H,19,25). The van der Waals surface area contributed by atoms with Crippen molar-refractivity contribution in [3.05, 3.63) is 39.9 Å². The Kier molecular flexibility index (Phi) is 6.05. The van der Waals surface area contributed by atoms with E-state index in [-0.39, 0.29) is 18.4 Å². The van der Waals surface area contributed by atoms with Gasteiger partial charge in [0.2, 0.25) is 5.91 Å². The molecule has 2 amide bonds. The van der Waals surface area contributed by atoms with Crippen LogP contribution in [0.15, 0.2) is 24.3 Å². The summed E-state index contributed by atoms with van der Waals surface area (Å²) in [5, 5.41) is 7.30. The second-order valence-corrected chi connectivity index (χ2v) is 7.12. The number of amides is 2. The van der Waals surface area contributed by atoms with Crippen LogP contribution in [0, 0.1) is 0 Å². The van der Waals surface area contributed by atoms with Gasteiger partial charge < -0.3 is 15.1 Å². The second-order valence-electron chi connectivity index (χ2n) is 5.93. The molecule has 26 heavy (non-hydrogen) atoms. The number of piperazine rings is 1. The Morgan fingerprint density at radius 3 is 2.54 bits per heavy atom. The summed E-state index contributed by atoms with van der Waals surface area (Å²) >= 11 is 6.97. The smallest absolute Gasteiger partial charge is 0.265 e. The molecule has 1 saturated heterocycles. The lowest BCUT2D eigenvalue weighted by Gasteiger charge is -2.36. The molecule has 1 aliphatic rings. The minimum Gasteiger partial charge on any atom is -0.368 e. The van der Waals surface area contributed by atoms with Crippen molar-refractivity contribution in [2.24, 2.45) is 0 Å². The number of aromatic nitrogens is 2. The van der Waals surface area contributed by atoms with Gasteiger partial charge in [-0.15, -0.1) is 5.10 Å². The van der Waals surface area contributed by atoms with Gasteiger partial charge in [0.1, 0.15) is 4.88 Å². The molecule has 0 spiro atoms. The molecular formula is C17H20ClN5O2S. The number of carbonyl (C=O) groups excluding carboxylic acids is 2. The molecule has 138 valence electrons. The summed E-state index contributed by atoms with van der Waals surface area (Å²) in [5.74, 6) is -0.366. The molecule has 1 aromatic heterocycles. The Bertz CT molecular complexity index is 772. The van der Waals surface area contributed by atoms with E-state index in [2.05, 4.69) is 19.8 Å². The molecule has 3 rings (SSSR count). The molecule has 2 heterocycles. The van der Waals surface area contributed by atoms with Crippen LogP contribution in [0.25, 0.3) is 0 Å². The number of aryl methyl sites for hydroxylation is 1. The maximum Gasteiger partial charge on any atom is 0.265 e. The summed E-state index contributed by atoms with van der Waals surface area (Å²) < 4.78 is 3.80. The van der Waals surface area contributed by atoms with Crippen LogP contribution in [0.2, 0.25) is 5.02 Å². The van der Waals surface area contributed by atoms with Crippen LogP contribution in [0.1, 0.15) is 22.3 Å². The number of nitrogens with one attached hydrogen (secondary N) is 1. The molecule has 0 unspecified atom stereocenters. The van der Waals surface area contributed by atoms with E-state index in [4.69, 9.17) is 11.6 Å². The third-order valence-corrected chi connectivity index (χ3v) is 5.34. The summed E-state index contributed by atoms with van der Waals surface area (Å²) in [6, 6.07) is 7.69. The zero-order valence-corrected chi connectivity index (χ0v) is 16.0. The summed E-state index contributed by atoms with van der Waals surface area (Å²) in [5.41, 5.74) is 1.76. The molecule has 0 bridgehead atoms. The van der Waals surface area contributed by atoms with Gasteiger partial charge in [0, 0.05) is 36.9 Å². The monoisotopic (exact) mass is 393 g/mol. The predicted molar refractivity (Wildman–Crippen MR) is 102 cm³/mol. The van der Waals surface area contributed by atoms with Crippen LogP contribution in [0.3, 0.4) is 0 Å². The van der Waals surface area contributed by atoms with Crippen molar-refractivity contribution >= 4 is 40.6 Å².